The van der Waals surface area contributed by atoms with Crippen LogP contribution in [-0.4, -0.2) is 43.1 Å². The molecule has 1 rings (SSSR count). The molecule has 1 heterocycles. The Morgan fingerprint density at radius 2 is 2.23 bits per heavy atom. The van der Waals surface area contributed by atoms with E-state index in [4.69, 9.17) is 5.11 Å². The molecule has 0 aromatic carbocycles. The van der Waals surface area contributed by atoms with E-state index in [9.17, 15) is 13.2 Å². The molecular weight excluding hydrogens is 194 g/mol. The molecule has 76 valence electrons. The van der Waals surface area contributed by atoms with Gasteiger partial charge in [0.05, 0.1) is 11.5 Å². The topological polar surface area (TPSA) is 83.5 Å². The molecule has 6 heteroatoms. The lowest BCUT2D eigenvalue weighted by atomic mass is 10.2. The van der Waals surface area contributed by atoms with Gasteiger partial charge >= 0.3 is 5.97 Å². The summed E-state index contributed by atoms with van der Waals surface area (Å²) in [4.78, 5) is 10.4. The van der Waals surface area contributed by atoms with Crippen LogP contribution in [0.15, 0.2) is 0 Å². The summed E-state index contributed by atoms with van der Waals surface area (Å²) in [5, 5.41) is 11.3. The minimum atomic E-state index is -2.92. The van der Waals surface area contributed by atoms with E-state index in [2.05, 4.69) is 5.32 Å². The molecule has 13 heavy (non-hydrogen) atoms. The first-order valence-corrected chi connectivity index (χ1v) is 5.92. The molecule has 5 nitrogen and oxygen atoms in total. The zero-order valence-corrected chi connectivity index (χ0v) is 8.17. The van der Waals surface area contributed by atoms with E-state index in [1.54, 1.807) is 0 Å². The van der Waals surface area contributed by atoms with Crippen molar-refractivity contribution in [2.45, 2.75) is 25.4 Å². The van der Waals surface area contributed by atoms with Gasteiger partial charge in [-0.1, -0.05) is 0 Å². The molecule has 1 fully saturated rings. The highest BCUT2D eigenvalue weighted by atomic mass is 32.2. The molecule has 2 N–H and O–H groups in total. The zero-order valence-electron chi connectivity index (χ0n) is 7.36. The molecule has 0 aromatic rings. The maximum absolute atomic E-state index is 11.0. The molecule has 0 saturated carbocycles. The Morgan fingerprint density at radius 1 is 1.62 bits per heavy atom. The number of hydrogen-bond acceptors (Lipinski definition) is 4. The van der Waals surface area contributed by atoms with E-state index in [0.29, 0.717) is 6.42 Å². The quantitative estimate of drug-likeness (QED) is 0.635. The maximum atomic E-state index is 11.0. The van der Waals surface area contributed by atoms with Crippen molar-refractivity contribution in [3.63, 3.8) is 0 Å². The summed E-state index contributed by atoms with van der Waals surface area (Å²) < 4.78 is 22.0. The number of carboxylic acid groups (broad SMARTS) is 1. The van der Waals surface area contributed by atoms with Crippen molar-refractivity contribution in [3.05, 3.63) is 0 Å². The van der Waals surface area contributed by atoms with Crippen molar-refractivity contribution < 1.29 is 18.3 Å². The fraction of sp³-hybridized carbons (Fsp3) is 0.857. The largest absolute Gasteiger partial charge is 0.480 e. The van der Waals surface area contributed by atoms with Crippen molar-refractivity contribution in [2.75, 3.05) is 11.5 Å². The summed E-state index contributed by atoms with van der Waals surface area (Å²) >= 11 is 0. The van der Waals surface area contributed by atoms with Crippen molar-refractivity contribution >= 4 is 15.8 Å². The summed E-state index contributed by atoms with van der Waals surface area (Å²) in [6.07, 6.45) is 0.514. The molecule has 0 amide bonds. The predicted molar refractivity (Wildman–Crippen MR) is 47.3 cm³/mol. The normalized spacial score (nSPS) is 28.5. The average Bonchev–Trinajstić information content (AvgIpc) is 2.30. The van der Waals surface area contributed by atoms with Gasteiger partial charge in [-0.25, -0.2) is 8.42 Å². The van der Waals surface area contributed by atoms with E-state index in [1.165, 1.54) is 6.92 Å². The van der Waals surface area contributed by atoms with Crippen LogP contribution in [0.4, 0.5) is 0 Å². The first-order chi connectivity index (χ1) is 5.91. The Labute approximate surface area is 77.1 Å². The molecule has 0 spiro atoms. The molecule has 0 bridgehead atoms. The van der Waals surface area contributed by atoms with Gasteiger partial charge in [-0.3, -0.25) is 4.79 Å². The van der Waals surface area contributed by atoms with Crippen molar-refractivity contribution in [2.24, 2.45) is 0 Å². The highest BCUT2D eigenvalue weighted by Crippen LogP contribution is 2.11. The second-order valence-corrected chi connectivity index (χ2v) is 5.56. The number of rotatable bonds is 3. The van der Waals surface area contributed by atoms with Crippen LogP contribution < -0.4 is 5.32 Å². The van der Waals surface area contributed by atoms with Gasteiger partial charge in [-0.05, 0) is 13.3 Å². The zero-order chi connectivity index (χ0) is 10.1. The Hall–Kier alpha value is -0.620. The fourth-order valence-electron chi connectivity index (χ4n) is 1.35. The lowest BCUT2D eigenvalue weighted by Crippen LogP contribution is -2.41. The molecule has 2 atom stereocenters. The number of carbonyl (C=O) groups is 1. The van der Waals surface area contributed by atoms with Crippen LogP contribution in [0, 0.1) is 0 Å². The van der Waals surface area contributed by atoms with Crippen LogP contribution >= 0.6 is 0 Å². The van der Waals surface area contributed by atoms with E-state index >= 15 is 0 Å². The molecule has 1 aliphatic heterocycles. The smallest absolute Gasteiger partial charge is 0.320 e. The Balaban J connectivity index is 2.45. The lowest BCUT2D eigenvalue weighted by Gasteiger charge is -2.13. The van der Waals surface area contributed by atoms with Gasteiger partial charge in [0, 0.05) is 6.04 Å². The molecular formula is C7H13NO4S. The number of aliphatic carboxylic acids is 1. The van der Waals surface area contributed by atoms with Crippen LogP contribution in [0.25, 0.3) is 0 Å². The third kappa shape index (κ3) is 2.96. The van der Waals surface area contributed by atoms with Crippen LogP contribution in [0.3, 0.4) is 0 Å². The first kappa shape index (κ1) is 10.5. The highest BCUT2D eigenvalue weighted by molar-refractivity contribution is 7.91. The van der Waals surface area contributed by atoms with Crippen molar-refractivity contribution in [1.29, 1.82) is 0 Å². The average molecular weight is 207 g/mol. The molecule has 0 aromatic heterocycles. The Kier molecular flexibility index (Phi) is 2.92. The van der Waals surface area contributed by atoms with Crippen molar-refractivity contribution in [3.8, 4) is 0 Å². The van der Waals surface area contributed by atoms with Crippen LogP contribution in [0.5, 0.6) is 0 Å². The van der Waals surface area contributed by atoms with Gasteiger partial charge in [-0.2, -0.15) is 0 Å². The number of carboxylic acids is 1. The summed E-state index contributed by atoms with van der Waals surface area (Å²) in [5.41, 5.74) is 0. The molecule has 1 unspecified atom stereocenters. The van der Waals surface area contributed by atoms with Gasteiger partial charge in [0.25, 0.3) is 0 Å². The van der Waals surface area contributed by atoms with E-state index in [-0.39, 0.29) is 17.5 Å². The SMILES string of the molecule is C[C@@H](NC1CCS(=O)(=O)C1)C(=O)O. The summed E-state index contributed by atoms with van der Waals surface area (Å²) in [5.74, 6) is -0.731. The number of sulfone groups is 1. The van der Waals surface area contributed by atoms with Crippen LogP contribution in [0.1, 0.15) is 13.3 Å². The molecule has 0 radical (unpaired) electrons. The second kappa shape index (κ2) is 3.63. The standard InChI is InChI=1S/C7H13NO4S/c1-5(7(9)10)8-6-2-3-13(11,12)4-6/h5-6,8H,2-4H2,1H3,(H,9,10)/t5-,6?/m1/s1. The predicted octanol–water partition coefficient (Wildman–Crippen LogP) is -0.764. The summed E-state index contributed by atoms with van der Waals surface area (Å²) in [6.45, 7) is 1.51. The maximum Gasteiger partial charge on any atom is 0.320 e. The lowest BCUT2D eigenvalue weighted by molar-refractivity contribution is -0.139. The summed E-state index contributed by atoms with van der Waals surface area (Å²) in [7, 11) is -2.92. The number of nitrogens with one attached hydrogen (secondary N) is 1. The van der Waals surface area contributed by atoms with Gasteiger partial charge < -0.3 is 10.4 Å². The van der Waals surface area contributed by atoms with Gasteiger partial charge in [0.15, 0.2) is 9.84 Å². The Bertz CT molecular complexity index is 298. The highest BCUT2D eigenvalue weighted by Gasteiger charge is 2.29. The number of hydrogen-bond donors (Lipinski definition) is 2. The van der Waals surface area contributed by atoms with Crippen molar-refractivity contribution in [1.82, 2.24) is 5.32 Å². The van der Waals surface area contributed by atoms with Crippen LogP contribution in [-0.2, 0) is 14.6 Å². The Morgan fingerprint density at radius 3 is 2.62 bits per heavy atom. The van der Waals surface area contributed by atoms with Gasteiger partial charge in [0.1, 0.15) is 6.04 Å². The van der Waals surface area contributed by atoms with E-state index < -0.39 is 21.8 Å². The third-order valence-electron chi connectivity index (χ3n) is 2.09. The van der Waals surface area contributed by atoms with Gasteiger partial charge in [0.2, 0.25) is 0 Å². The minimum absolute atomic E-state index is 0.0601. The van der Waals surface area contributed by atoms with E-state index in [0.717, 1.165) is 0 Å². The molecule has 0 aliphatic carbocycles. The van der Waals surface area contributed by atoms with E-state index in [1.807, 2.05) is 0 Å². The first-order valence-electron chi connectivity index (χ1n) is 4.10. The van der Waals surface area contributed by atoms with Crippen LogP contribution in [0.2, 0.25) is 0 Å². The minimum Gasteiger partial charge on any atom is -0.480 e. The second-order valence-electron chi connectivity index (χ2n) is 3.33. The van der Waals surface area contributed by atoms with Gasteiger partial charge in [-0.15, -0.1) is 0 Å². The monoisotopic (exact) mass is 207 g/mol. The fourth-order valence-corrected chi connectivity index (χ4v) is 3.04. The third-order valence-corrected chi connectivity index (χ3v) is 3.86. The summed E-state index contributed by atoms with van der Waals surface area (Å²) in [6, 6.07) is -0.880. The molecule has 1 saturated heterocycles. The molecule has 1 aliphatic rings.